The fourth-order valence-electron chi connectivity index (χ4n) is 1.82. The maximum absolute atomic E-state index is 13.1. The summed E-state index contributed by atoms with van der Waals surface area (Å²) in [6, 6.07) is -0.854. The molecular weight excluding hydrogens is 319 g/mol. The van der Waals surface area contributed by atoms with Crippen molar-refractivity contribution in [3.63, 3.8) is 0 Å². The second-order valence-electron chi connectivity index (χ2n) is 4.31. The van der Waals surface area contributed by atoms with Crippen LogP contribution in [0.15, 0.2) is 30.2 Å². The van der Waals surface area contributed by atoms with E-state index in [2.05, 4.69) is 19.9 Å². The van der Waals surface area contributed by atoms with Crippen molar-refractivity contribution in [1.82, 2.24) is 25.3 Å². The number of halogens is 3. The Balaban J connectivity index is 1.87. The van der Waals surface area contributed by atoms with Crippen molar-refractivity contribution in [2.45, 2.75) is 12.2 Å². The van der Waals surface area contributed by atoms with Gasteiger partial charge in [0.2, 0.25) is 0 Å². The average Bonchev–Trinajstić information content (AvgIpc) is 3.13. The second kappa shape index (κ2) is 5.37. The van der Waals surface area contributed by atoms with Gasteiger partial charge in [-0.15, -0.1) is 11.3 Å². The summed E-state index contributed by atoms with van der Waals surface area (Å²) in [7, 11) is 0. The van der Waals surface area contributed by atoms with E-state index in [1.165, 1.54) is 30.2 Å². The Kier molecular flexibility index (Phi) is 3.53. The number of aromatic nitrogens is 4. The number of fused-ring (bicyclic) bond motifs is 1. The standard InChI is InChI=1S/C12H8F3N5OS/c13-12(14,15)9(11-16-1-2-22-11)20-10(21)7-3-6-8(4-17-7)19-5-18-6/h1-5,9H,(H,18,19)(H,20,21). The van der Waals surface area contributed by atoms with Crippen LogP contribution in [-0.4, -0.2) is 32.0 Å². The first-order valence-electron chi connectivity index (χ1n) is 6.01. The molecule has 0 radical (unpaired) electrons. The van der Waals surface area contributed by atoms with Crippen LogP contribution < -0.4 is 5.32 Å². The van der Waals surface area contributed by atoms with Crippen molar-refractivity contribution in [3.8, 4) is 0 Å². The van der Waals surface area contributed by atoms with Gasteiger partial charge in [0.15, 0.2) is 6.04 Å². The van der Waals surface area contributed by atoms with Gasteiger partial charge >= 0.3 is 6.18 Å². The Morgan fingerprint density at radius 3 is 2.82 bits per heavy atom. The third-order valence-electron chi connectivity index (χ3n) is 2.84. The summed E-state index contributed by atoms with van der Waals surface area (Å²) in [5.41, 5.74) is 0.882. The lowest BCUT2D eigenvalue weighted by atomic mass is 10.2. The van der Waals surface area contributed by atoms with E-state index in [0.717, 1.165) is 11.3 Å². The highest BCUT2D eigenvalue weighted by molar-refractivity contribution is 7.09. The molecule has 1 atom stereocenters. The highest BCUT2D eigenvalue weighted by Crippen LogP contribution is 2.33. The van der Waals surface area contributed by atoms with Crippen molar-refractivity contribution in [3.05, 3.63) is 40.9 Å². The first kappa shape index (κ1) is 14.4. The number of nitrogens with one attached hydrogen (secondary N) is 2. The van der Waals surface area contributed by atoms with E-state index in [0.29, 0.717) is 11.0 Å². The third-order valence-corrected chi connectivity index (χ3v) is 3.68. The predicted octanol–water partition coefficient (Wildman–Crippen LogP) is 2.45. The fraction of sp³-hybridized carbons (Fsp3) is 0.167. The number of nitrogens with zero attached hydrogens (tertiary/aromatic N) is 3. The molecule has 1 unspecified atom stereocenters. The summed E-state index contributed by atoms with van der Waals surface area (Å²) < 4.78 is 39.2. The van der Waals surface area contributed by atoms with Crippen LogP contribution in [0.5, 0.6) is 0 Å². The molecule has 0 aliphatic rings. The minimum absolute atomic E-state index is 0.148. The zero-order valence-corrected chi connectivity index (χ0v) is 11.6. The van der Waals surface area contributed by atoms with Gasteiger partial charge < -0.3 is 10.3 Å². The monoisotopic (exact) mass is 327 g/mol. The van der Waals surface area contributed by atoms with E-state index in [-0.39, 0.29) is 10.7 Å². The zero-order chi connectivity index (χ0) is 15.7. The van der Waals surface area contributed by atoms with Crippen molar-refractivity contribution in [1.29, 1.82) is 0 Å². The molecule has 0 saturated heterocycles. The molecule has 2 N–H and O–H groups in total. The second-order valence-corrected chi connectivity index (χ2v) is 5.23. The molecule has 10 heteroatoms. The molecule has 22 heavy (non-hydrogen) atoms. The molecule has 0 bridgehead atoms. The SMILES string of the molecule is O=C(NC(c1nccs1)C(F)(F)F)c1cc2nc[nH]c2cn1. The Bertz CT molecular complexity index is 799. The van der Waals surface area contributed by atoms with E-state index >= 15 is 0 Å². The maximum atomic E-state index is 13.1. The quantitative estimate of drug-likeness (QED) is 0.774. The molecular formula is C12H8F3N5OS. The van der Waals surface area contributed by atoms with E-state index in [1.54, 1.807) is 0 Å². The minimum atomic E-state index is -4.65. The maximum Gasteiger partial charge on any atom is 0.415 e. The van der Waals surface area contributed by atoms with Crippen molar-refractivity contribution >= 4 is 28.3 Å². The Morgan fingerprint density at radius 1 is 1.32 bits per heavy atom. The van der Waals surface area contributed by atoms with Gasteiger partial charge in [-0.05, 0) is 6.07 Å². The summed E-state index contributed by atoms with van der Waals surface area (Å²) in [5, 5.41) is 3.09. The highest BCUT2D eigenvalue weighted by atomic mass is 32.1. The molecule has 0 saturated carbocycles. The number of hydrogen-bond acceptors (Lipinski definition) is 5. The van der Waals surface area contributed by atoms with Crippen LogP contribution in [0.1, 0.15) is 21.5 Å². The van der Waals surface area contributed by atoms with Gasteiger partial charge in [-0.3, -0.25) is 4.79 Å². The smallest absolute Gasteiger partial charge is 0.343 e. The van der Waals surface area contributed by atoms with Crippen LogP contribution in [0.2, 0.25) is 0 Å². The lowest BCUT2D eigenvalue weighted by Gasteiger charge is -2.19. The first-order valence-corrected chi connectivity index (χ1v) is 6.89. The summed E-state index contributed by atoms with van der Waals surface area (Å²) in [4.78, 5) is 26.2. The molecule has 6 nitrogen and oxygen atoms in total. The molecule has 0 spiro atoms. The summed E-state index contributed by atoms with van der Waals surface area (Å²) in [6.07, 6.45) is -0.659. The molecule has 0 fully saturated rings. The number of alkyl halides is 3. The molecule has 3 aromatic rings. The molecule has 0 aromatic carbocycles. The number of H-pyrrole nitrogens is 1. The molecule has 0 aliphatic heterocycles. The van der Waals surface area contributed by atoms with Crippen LogP contribution >= 0.6 is 11.3 Å². The summed E-state index contributed by atoms with van der Waals surface area (Å²) in [6.45, 7) is 0. The van der Waals surface area contributed by atoms with Crippen LogP contribution in [0.4, 0.5) is 13.2 Å². The lowest BCUT2D eigenvalue weighted by Crippen LogP contribution is -2.38. The van der Waals surface area contributed by atoms with Crippen LogP contribution in [0, 0.1) is 0 Å². The predicted molar refractivity (Wildman–Crippen MR) is 72.3 cm³/mol. The van der Waals surface area contributed by atoms with Gasteiger partial charge in [0.25, 0.3) is 5.91 Å². The molecule has 114 valence electrons. The van der Waals surface area contributed by atoms with Gasteiger partial charge in [-0.1, -0.05) is 0 Å². The average molecular weight is 327 g/mol. The minimum Gasteiger partial charge on any atom is -0.343 e. The Hall–Kier alpha value is -2.49. The zero-order valence-electron chi connectivity index (χ0n) is 10.8. The molecule has 3 heterocycles. The number of carbonyl (C=O) groups excluding carboxylic acids is 1. The van der Waals surface area contributed by atoms with Crippen molar-refractivity contribution < 1.29 is 18.0 Å². The fourth-order valence-corrected chi connectivity index (χ4v) is 2.54. The Morgan fingerprint density at radius 2 is 2.14 bits per heavy atom. The number of aromatic amines is 1. The van der Waals surface area contributed by atoms with Gasteiger partial charge in [0.1, 0.15) is 10.7 Å². The van der Waals surface area contributed by atoms with Gasteiger partial charge in [-0.2, -0.15) is 13.2 Å². The van der Waals surface area contributed by atoms with E-state index in [1.807, 2.05) is 5.32 Å². The molecule has 3 aromatic heterocycles. The first-order chi connectivity index (χ1) is 10.4. The number of amides is 1. The van der Waals surface area contributed by atoms with Gasteiger partial charge in [0, 0.05) is 11.6 Å². The number of imidazole rings is 1. The Labute approximate surface area is 125 Å². The summed E-state index contributed by atoms with van der Waals surface area (Å²) >= 11 is 0.815. The van der Waals surface area contributed by atoms with Crippen molar-refractivity contribution in [2.24, 2.45) is 0 Å². The number of pyridine rings is 1. The number of carbonyl (C=O) groups is 1. The lowest BCUT2D eigenvalue weighted by molar-refractivity contribution is -0.155. The molecule has 1 amide bonds. The highest BCUT2D eigenvalue weighted by Gasteiger charge is 2.43. The topological polar surface area (TPSA) is 83.6 Å². The number of rotatable bonds is 3. The van der Waals surface area contributed by atoms with Crippen LogP contribution in [-0.2, 0) is 0 Å². The molecule has 3 rings (SSSR count). The van der Waals surface area contributed by atoms with Gasteiger partial charge in [-0.25, -0.2) is 15.0 Å². The van der Waals surface area contributed by atoms with Gasteiger partial charge in [0.05, 0.1) is 23.6 Å². The van der Waals surface area contributed by atoms with Crippen LogP contribution in [0.25, 0.3) is 11.0 Å². The molecule has 0 aliphatic carbocycles. The largest absolute Gasteiger partial charge is 0.415 e. The van der Waals surface area contributed by atoms with Crippen molar-refractivity contribution in [2.75, 3.05) is 0 Å². The number of hydrogen-bond donors (Lipinski definition) is 2. The van der Waals surface area contributed by atoms with E-state index in [4.69, 9.17) is 0 Å². The third kappa shape index (κ3) is 2.77. The van der Waals surface area contributed by atoms with E-state index < -0.39 is 18.1 Å². The number of thiazole rings is 1. The van der Waals surface area contributed by atoms with Crippen LogP contribution in [0.3, 0.4) is 0 Å². The van der Waals surface area contributed by atoms with E-state index in [9.17, 15) is 18.0 Å². The normalized spacial score (nSPS) is 13.2. The summed E-state index contributed by atoms with van der Waals surface area (Å²) in [5.74, 6) is -0.942.